The summed E-state index contributed by atoms with van der Waals surface area (Å²) in [6, 6.07) is -1.35. The van der Waals surface area contributed by atoms with Crippen molar-refractivity contribution in [2.75, 3.05) is 26.7 Å². The number of carboxylic acid groups (broad SMARTS) is 1. The van der Waals surface area contributed by atoms with Crippen molar-refractivity contribution in [3.05, 3.63) is 0 Å². The molecule has 17 heavy (non-hydrogen) atoms. The summed E-state index contributed by atoms with van der Waals surface area (Å²) < 4.78 is 0. The van der Waals surface area contributed by atoms with Crippen LogP contribution in [0.3, 0.4) is 0 Å². The second-order valence-electron chi connectivity index (χ2n) is 4.08. The average Bonchev–Trinajstić information content (AvgIpc) is 2.66. The monoisotopic (exact) mass is 245 g/mol. The smallest absolute Gasteiger partial charge is 0.326 e. The lowest BCUT2D eigenvalue weighted by atomic mass is 10.2. The van der Waals surface area contributed by atoms with Crippen LogP contribution in [0.5, 0.6) is 0 Å². The first kappa shape index (κ1) is 13.7. The number of urea groups is 1. The predicted molar refractivity (Wildman–Crippen MR) is 60.7 cm³/mol. The standard InChI is InChI=1S/C10H19N3O4/c1-11-3-2-4-12-10(17)13-6-7(14)5-8(13)9(15)16/h7-8,11,14H,2-6H2,1H3,(H,12,17)(H,15,16)/t7-,8-/m0/s1. The Labute approximate surface area is 99.8 Å². The minimum Gasteiger partial charge on any atom is -0.480 e. The number of carbonyl (C=O) groups is 2. The van der Waals surface area contributed by atoms with Crippen LogP contribution in [0.2, 0.25) is 0 Å². The van der Waals surface area contributed by atoms with Gasteiger partial charge in [-0.3, -0.25) is 0 Å². The third kappa shape index (κ3) is 3.86. The topological polar surface area (TPSA) is 102 Å². The zero-order valence-electron chi connectivity index (χ0n) is 9.85. The Kier molecular flexibility index (Phi) is 5.17. The molecule has 2 amide bonds. The summed E-state index contributed by atoms with van der Waals surface area (Å²) >= 11 is 0. The Morgan fingerprint density at radius 1 is 1.41 bits per heavy atom. The van der Waals surface area contributed by atoms with Crippen molar-refractivity contribution in [3.8, 4) is 0 Å². The van der Waals surface area contributed by atoms with Crippen molar-refractivity contribution in [2.24, 2.45) is 0 Å². The molecular weight excluding hydrogens is 226 g/mol. The molecule has 7 heteroatoms. The van der Waals surface area contributed by atoms with E-state index in [9.17, 15) is 14.7 Å². The number of β-amino-alcohol motifs (C(OH)–C–C–N with tert-alkyl or cyclic N) is 1. The summed E-state index contributed by atoms with van der Waals surface area (Å²) in [5.41, 5.74) is 0. The largest absolute Gasteiger partial charge is 0.480 e. The molecule has 1 rings (SSSR count). The van der Waals surface area contributed by atoms with Crippen LogP contribution in [0, 0.1) is 0 Å². The highest BCUT2D eigenvalue weighted by Gasteiger charge is 2.38. The maximum absolute atomic E-state index is 11.7. The van der Waals surface area contributed by atoms with E-state index in [0.717, 1.165) is 13.0 Å². The third-order valence-electron chi connectivity index (χ3n) is 2.70. The molecule has 0 saturated carbocycles. The lowest BCUT2D eigenvalue weighted by molar-refractivity contribution is -0.141. The van der Waals surface area contributed by atoms with E-state index < -0.39 is 24.1 Å². The molecule has 1 heterocycles. The van der Waals surface area contributed by atoms with Crippen LogP contribution in [0.4, 0.5) is 4.79 Å². The second-order valence-corrected chi connectivity index (χ2v) is 4.08. The minimum atomic E-state index is -1.08. The first-order chi connectivity index (χ1) is 8.06. The number of carboxylic acids is 1. The lowest BCUT2D eigenvalue weighted by Gasteiger charge is -2.21. The Balaban J connectivity index is 2.41. The van der Waals surface area contributed by atoms with Gasteiger partial charge < -0.3 is 25.7 Å². The number of nitrogens with zero attached hydrogens (tertiary/aromatic N) is 1. The van der Waals surface area contributed by atoms with E-state index in [2.05, 4.69) is 10.6 Å². The summed E-state index contributed by atoms with van der Waals surface area (Å²) in [4.78, 5) is 23.8. The van der Waals surface area contributed by atoms with Crippen molar-refractivity contribution >= 4 is 12.0 Å². The molecule has 0 aromatic heterocycles. The van der Waals surface area contributed by atoms with E-state index in [1.165, 1.54) is 4.90 Å². The fourth-order valence-electron chi connectivity index (χ4n) is 1.83. The van der Waals surface area contributed by atoms with Crippen molar-refractivity contribution < 1.29 is 19.8 Å². The number of hydrogen-bond donors (Lipinski definition) is 4. The molecule has 1 aliphatic heterocycles. The van der Waals surface area contributed by atoms with Crippen LogP contribution in [0.25, 0.3) is 0 Å². The normalized spacial score (nSPS) is 23.8. The molecule has 0 unspecified atom stereocenters. The maximum atomic E-state index is 11.7. The molecule has 0 aromatic carbocycles. The first-order valence-electron chi connectivity index (χ1n) is 5.66. The van der Waals surface area contributed by atoms with Gasteiger partial charge in [0, 0.05) is 19.5 Å². The SMILES string of the molecule is CNCCCNC(=O)N1C[C@@H](O)C[C@H]1C(=O)O. The average molecular weight is 245 g/mol. The number of likely N-dealkylation sites (tertiary alicyclic amines) is 1. The van der Waals surface area contributed by atoms with E-state index in [4.69, 9.17) is 5.11 Å². The molecule has 0 bridgehead atoms. The lowest BCUT2D eigenvalue weighted by Crippen LogP contribution is -2.46. The first-order valence-corrected chi connectivity index (χ1v) is 5.66. The number of aliphatic hydroxyl groups is 1. The Bertz CT molecular complexity index is 285. The van der Waals surface area contributed by atoms with Gasteiger partial charge in [0.25, 0.3) is 0 Å². The van der Waals surface area contributed by atoms with Crippen molar-refractivity contribution in [2.45, 2.75) is 25.0 Å². The highest BCUT2D eigenvalue weighted by Crippen LogP contribution is 2.17. The molecular formula is C10H19N3O4. The maximum Gasteiger partial charge on any atom is 0.326 e. The highest BCUT2D eigenvalue weighted by molar-refractivity contribution is 5.83. The number of hydrogen-bond acceptors (Lipinski definition) is 4. The van der Waals surface area contributed by atoms with Gasteiger partial charge >= 0.3 is 12.0 Å². The van der Waals surface area contributed by atoms with Gasteiger partial charge in [0.15, 0.2) is 0 Å². The van der Waals surface area contributed by atoms with E-state index in [-0.39, 0.29) is 13.0 Å². The summed E-state index contributed by atoms with van der Waals surface area (Å²) in [6.45, 7) is 1.35. The Morgan fingerprint density at radius 2 is 2.12 bits per heavy atom. The van der Waals surface area contributed by atoms with Gasteiger partial charge in [-0.2, -0.15) is 0 Å². The number of aliphatic hydroxyl groups excluding tert-OH is 1. The van der Waals surface area contributed by atoms with Crippen molar-refractivity contribution in [1.82, 2.24) is 15.5 Å². The number of rotatable bonds is 5. The predicted octanol–water partition coefficient (Wildman–Crippen LogP) is -1.17. The van der Waals surface area contributed by atoms with Crippen LogP contribution >= 0.6 is 0 Å². The highest BCUT2D eigenvalue weighted by atomic mass is 16.4. The van der Waals surface area contributed by atoms with Crippen LogP contribution in [0.15, 0.2) is 0 Å². The molecule has 0 radical (unpaired) electrons. The molecule has 2 atom stereocenters. The van der Waals surface area contributed by atoms with Gasteiger partial charge in [-0.25, -0.2) is 9.59 Å². The van der Waals surface area contributed by atoms with Gasteiger partial charge in [-0.1, -0.05) is 0 Å². The van der Waals surface area contributed by atoms with Gasteiger partial charge in [0.2, 0.25) is 0 Å². The van der Waals surface area contributed by atoms with Crippen LogP contribution in [-0.4, -0.2) is 65.9 Å². The van der Waals surface area contributed by atoms with Gasteiger partial charge in [-0.15, -0.1) is 0 Å². The summed E-state index contributed by atoms with van der Waals surface area (Å²) in [7, 11) is 1.82. The summed E-state index contributed by atoms with van der Waals surface area (Å²) in [6.07, 6.45) is 0.120. The van der Waals surface area contributed by atoms with E-state index in [1.54, 1.807) is 0 Å². The number of carbonyl (C=O) groups excluding carboxylic acids is 1. The zero-order valence-corrected chi connectivity index (χ0v) is 9.85. The summed E-state index contributed by atoms with van der Waals surface area (Å²) in [5.74, 6) is -1.08. The van der Waals surface area contributed by atoms with E-state index >= 15 is 0 Å². The Morgan fingerprint density at radius 3 is 2.71 bits per heavy atom. The quantitative estimate of drug-likeness (QED) is 0.457. The number of amides is 2. The van der Waals surface area contributed by atoms with Gasteiger partial charge in [0.05, 0.1) is 6.10 Å². The van der Waals surface area contributed by atoms with Gasteiger partial charge in [0.1, 0.15) is 6.04 Å². The molecule has 0 aliphatic carbocycles. The molecule has 0 spiro atoms. The summed E-state index contributed by atoms with van der Waals surface area (Å²) in [5, 5.41) is 23.9. The number of aliphatic carboxylic acids is 1. The fraction of sp³-hybridized carbons (Fsp3) is 0.800. The fourth-order valence-corrected chi connectivity index (χ4v) is 1.83. The molecule has 4 N–H and O–H groups in total. The van der Waals surface area contributed by atoms with E-state index in [1.807, 2.05) is 7.05 Å². The van der Waals surface area contributed by atoms with Crippen molar-refractivity contribution in [3.63, 3.8) is 0 Å². The Hall–Kier alpha value is -1.34. The van der Waals surface area contributed by atoms with Crippen LogP contribution in [-0.2, 0) is 4.79 Å². The molecule has 98 valence electrons. The zero-order chi connectivity index (χ0) is 12.8. The third-order valence-corrected chi connectivity index (χ3v) is 2.70. The molecule has 1 fully saturated rings. The second kappa shape index (κ2) is 6.41. The molecule has 1 aliphatic rings. The van der Waals surface area contributed by atoms with E-state index in [0.29, 0.717) is 6.54 Å². The van der Waals surface area contributed by atoms with Crippen LogP contribution < -0.4 is 10.6 Å². The van der Waals surface area contributed by atoms with Crippen molar-refractivity contribution in [1.29, 1.82) is 0 Å². The van der Waals surface area contributed by atoms with Crippen LogP contribution in [0.1, 0.15) is 12.8 Å². The minimum absolute atomic E-state index is 0.0782. The molecule has 1 saturated heterocycles. The molecule has 0 aromatic rings. The molecule has 7 nitrogen and oxygen atoms in total. The number of nitrogens with one attached hydrogen (secondary N) is 2. The van der Waals surface area contributed by atoms with Gasteiger partial charge in [-0.05, 0) is 20.0 Å².